The fourth-order valence-corrected chi connectivity index (χ4v) is 4.92. The lowest BCUT2D eigenvalue weighted by Crippen LogP contribution is -2.01. The van der Waals surface area contributed by atoms with Crippen molar-refractivity contribution in [2.75, 3.05) is 0 Å². The maximum absolute atomic E-state index is 14.9. The van der Waals surface area contributed by atoms with Crippen LogP contribution in [0.15, 0.2) is 83.6 Å². The Morgan fingerprint density at radius 3 is 1.74 bits per heavy atom. The molecule has 0 bridgehead atoms. The van der Waals surface area contributed by atoms with Gasteiger partial charge in [-0.3, -0.25) is 0 Å². The smallest absolute Gasteiger partial charge is 0.161 e. The van der Waals surface area contributed by atoms with Crippen molar-refractivity contribution >= 4 is 28.9 Å². The van der Waals surface area contributed by atoms with Crippen LogP contribution in [0.25, 0.3) is 28.1 Å². The minimum absolute atomic E-state index is 0.00138. The van der Waals surface area contributed by atoms with E-state index >= 15 is 0 Å². The van der Waals surface area contributed by atoms with E-state index in [9.17, 15) is 26.3 Å². The highest BCUT2D eigenvalue weighted by Gasteiger charge is 2.15. The van der Waals surface area contributed by atoms with Crippen LogP contribution in [0.4, 0.5) is 32.0 Å². The first kappa shape index (κ1) is 31.9. The minimum atomic E-state index is -0.936. The normalized spacial score (nSPS) is 11.7. The number of hydrogen-bond donors (Lipinski definition) is 0. The summed E-state index contributed by atoms with van der Waals surface area (Å²) in [5, 5.41) is 1.91. The van der Waals surface area contributed by atoms with Gasteiger partial charge in [0.2, 0.25) is 0 Å². The molecule has 0 heterocycles. The van der Waals surface area contributed by atoms with Gasteiger partial charge in [-0.1, -0.05) is 74.7 Å². The molecule has 4 aromatic carbocycles. The minimum Gasteiger partial charge on any atom is -0.209 e. The van der Waals surface area contributed by atoms with E-state index in [0.29, 0.717) is 17.5 Å². The fraction of sp³-hybridized carbons (Fsp3) is 0.229. The predicted octanol–water partition coefficient (Wildman–Crippen LogP) is 11.7. The molecule has 0 aromatic heterocycles. The van der Waals surface area contributed by atoms with Crippen LogP contribution in [0.3, 0.4) is 0 Å². The summed E-state index contributed by atoms with van der Waals surface area (Å²) >= 11 is 4.38. The lowest BCUT2D eigenvalue weighted by Gasteiger charge is -2.10. The predicted molar refractivity (Wildman–Crippen MR) is 164 cm³/mol. The third kappa shape index (κ3) is 8.09. The molecule has 0 atom stereocenters. The van der Waals surface area contributed by atoms with Crippen molar-refractivity contribution in [2.45, 2.75) is 51.9 Å². The summed E-state index contributed by atoms with van der Waals surface area (Å²) in [7, 11) is 0. The molecule has 222 valence electrons. The molecule has 0 fully saturated rings. The average Bonchev–Trinajstić information content (AvgIpc) is 3.00. The number of benzene rings is 4. The summed E-state index contributed by atoms with van der Waals surface area (Å²) in [6, 6.07) is 17.9. The molecule has 0 aliphatic carbocycles. The second kappa shape index (κ2) is 14.9. The number of nitrogens with zero attached hydrogens (tertiary/aromatic N) is 1. The third-order valence-corrected chi connectivity index (χ3v) is 7.31. The van der Waals surface area contributed by atoms with Crippen LogP contribution < -0.4 is 0 Å². The molecule has 8 heteroatoms. The first-order chi connectivity index (χ1) is 20.7. The zero-order valence-electron chi connectivity index (χ0n) is 23.5. The van der Waals surface area contributed by atoms with Crippen molar-refractivity contribution in [3.05, 3.63) is 119 Å². The lowest BCUT2D eigenvalue weighted by atomic mass is 9.97. The molecule has 4 rings (SSSR count). The van der Waals surface area contributed by atoms with E-state index in [4.69, 9.17) is 0 Å². The van der Waals surface area contributed by atoms with Gasteiger partial charge < -0.3 is 0 Å². The molecule has 0 radical (unpaired) electrons. The Labute approximate surface area is 252 Å². The van der Waals surface area contributed by atoms with E-state index in [2.05, 4.69) is 24.1 Å². The van der Waals surface area contributed by atoms with E-state index < -0.39 is 40.6 Å². The van der Waals surface area contributed by atoms with Crippen LogP contribution in [0.5, 0.6) is 0 Å². The Kier molecular flexibility index (Phi) is 11.1. The number of halogens is 6. The van der Waals surface area contributed by atoms with Crippen molar-refractivity contribution in [1.82, 2.24) is 0 Å². The molecule has 1 nitrogen and oxygen atoms in total. The van der Waals surface area contributed by atoms with Crippen molar-refractivity contribution in [2.24, 2.45) is 4.99 Å². The molecule has 0 saturated heterocycles. The highest BCUT2D eigenvalue weighted by atomic mass is 32.1. The van der Waals surface area contributed by atoms with Crippen LogP contribution >= 0.6 is 12.2 Å². The van der Waals surface area contributed by atoms with Crippen molar-refractivity contribution in [1.29, 1.82) is 0 Å². The standard InChI is InChI=1S/C35H29F6NS/c1-2-3-4-5-6-29(36)34(41)26-14-12-24(13-15-26)23-8-10-25(11-9-23)27-19-30(37)28(31(38)20-27)16-7-22-17-32(39)35(42-21-43)33(40)18-22/h8-15,17-20H,2-7,16H2,1H3. The molecular formula is C35H29F6NS. The van der Waals surface area contributed by atoms with Gasteiger partial charge in [-0.25, -0.2) is 26.3 Å². The molecule has 0 aliphatic heterocycles. The SMILES string of the molecule is CCCCCCC(F)=C(F)c1ccc(-c2ccc(-c3cc(F)c(CCc4cc(F)c(N=C=S)c(F)c4)c(F)c3)cc2)cc1. The number of hydrogen-bond acceptors (Lipinski definition) is 2. The fourth-order valence-electron chi connectivity index (χ4n) is 4.83. The Morgan fingerprint density at radius 1 is 0.674 bits per heavy atom. The second-order valence-electron chi connectivity index (χ2n) is 10.2. The third-order valence-electron chi connectivity index (χ3n) is 7.22. The summed E-state index contributed by atoms with van der Waals surface area (Å²) in [6.07, 6.45) is 3.45. The summed E-state index contributed by atoms with van der Waals surface area (Å²) in [5.74, 6) is -5.01. The van der Waals surface area contributed by atoms with Crippen LogP contribution in [0, 0.1) is 23.3 Å². The first-order valence-corrected chi connectivity index (χ1v) is 14.4. The molecule has 43 heavy (non-hydrogen) atoms. The van der Waals surface area contributed by atoms with Gasteiger partial charge in [-0.15, -0.1) is 0 Å². The van der Waals surface area contributed by atoms with Crippen molar-refractivity contribution in [3.8, 4) is 22.3 Å². The monoisotopic (exact) mass is 609 g/mol. The second-order valence-corrected chi connectivity index (χ2v) is 10.4. The van der Waals surface area contributed by atoms with E-state index in [1.165, 1.54) is 24.3 Å². The van der Waals surface area contributed by atoms with E-state index in [-0.39, 0.29) is 36.0 Å². The maximum Gasteiger partial charge on any atom is 0.161 e. The Morgan fingerprint density at radius 2 is 1.21 bits per heavy atom. The highest BCUT2D eigenvalue weighted by Crippen LogP contribution is 2.31. The van der Waals surface area contributed by atoms with Gasteiger partial charge in [0.25, 0.3) is 0 Å². The number of aliphatic imine (C=N–C) groups is 1. The molecular weight excluding hydrogens is 580 g/mol. The number of allylic oxidation sites excluding steroid dienone is 1. The zero-order valence-corrected chi connectivity index (χ0v) is 24.3. The van der Waals surface area contributed by atoms with Crippen LogP contribution in [0.1, 0.15) is 55.7 Å². The molecule has 0 N–H and O–H groups in total. The summed E-state index contributed by atoms with van der Waals surface area (Å²) in [5.41, 5.74) is 2.09. The Balaban J connectivity index is 1.44. The average molecular weight is 610 g/mol. The van der Waals surface area contributed by atoms with Crippen LogP contribution in [-0.2, 0) is 12.8 Å². The Hall–Kier alpha value is -4.00. The summed E-state index contributed by atoms with van der Waals surface area (Å²) < 4.78 is 86.8. The summed E-state index contributed by atoms with van der Waals surface area (Å²) in [6.45, 7) is 2.06. The largest absolute Gasteiger partial charge is 0.209 e. The molecule has 0 amide bonds. The number of isothiocyanates is 1. The molecule has 4 aromatic rings. The lowest BCUT2D eigenvalue weighted by molar-refractivity contribution is 0.535. The van der Waals surface area contributed by atoms with E-state index in [1.807, 2.05) is 5.16 Å². The van der Waals surface area contributed by atoms with Crippen molar-refractivity contribution in [3.63, 3.8) is 0 Å². The highest BCUT2D eigenvalue weighted by molar-refractivity contribution is 7.78. The van der Waals surface area contributed by atoms with Gasteiger partial charge in [-0.05, 0) is 83.6 Å². The van der Waals surface area contributed by atoms with E-state index in [0.717, 1.165) is 42.5 Å². The van der Waals surface area contributed by atoms with Gasteiger partial charge in [0.05, 0.1) is 5.16 Å². The maximum atomic E-state index is 14.9. The topological polar surface area (TPSA) is 12.4 Å². The van der Waals surface area contributed by atoms with E-state index in [1.54, 1.807) is 36.4 Å². The zero-order chi connectivity index (χ0) is 30.9. The van der Waals surface area contributed by atoms with Gasteiger partial charge in [0, 0.05) is 17.5 Å². The van der Waals surface area contributed by atoms with Crippen molar-refractivity contribution < 1.29 is 26.3 Å². The van der Waals surface area contributed by atoms with Gasteiger partial charge in [-0.2, -0.15) is 4.99 Å². The summed E-state index contributed by atoms with van der Waals surface area (Å²) in [4.78, 5) is 3.35. The van der Waals surface area contributed by atoms with Crippen LogP contribution in [0.2, 0.25) is 0 Å². The molecule has 0 saturated carbocycles. The Bertz CT molecular complexity index is 1610. The molecule has 0 spiro atoms. The van der Waals surface area contributed by atoms with Gasteiger partial charge >= 0.3 is 0 Å². The first-order valence-electron chi connectivity index (χ1n) is 14.0. The molecule has 0 unspecified atom stereocenters. The van der Waals surface area contributed by atoms with Crippen LogP contribution in [-0.4, -0.2) is 5.16 Å². The number of rotatable bonds is 12. The number of unbranched alkanes of at least 4 members (excludes halogenated alkanes) is 3. The quantitative estimate of drug-likeness (QED) is 0.0674. The van der Waals surface area contributed by atoms with Gasteiger partial charge in [0.15, 0.2) is 17.5 Å². The molecule has 0 aliphatic rings. The number of aryl methyl sites for hydroxylation is 1. The van der Waals surface area contributed by atoms with Gasteiger partial charge in [0.1, 0.15) is 23.1 Å². The number of thiocarbonyl (C=S) groups is 1.